The molecule has 4 atom stereocenters. The number of phosphoric acid groups is 1. The minimum atomic E-state index is -5.27. The van der Waals surface area contributed by atoms with Gasteiger partial charge in [0.2, 0.25) is 0 Å². The van der Waals surface area contributed by atoms with E-state index in [0.29, 0.717) is 4.57 Å². The summed E-state index contributed by atoms with van der Waals surface area (Å²) in [4.78, 5) is 32.9. The van der Waals surface area contributed by atoms with Crippen LogP contribution < -0.4 is 11.4 Å². The Morgan fingerprint density at radius 1 is 1.55 bits per heavy atom. The molecule has 0 unspecified atom stereocenters. The van der Waals surface area contributed by atoms with Gasteiger partial charge in [-0.15, -0.1) is 0 Å². The van der Waals surface area contributed by atoms with E-state index in [-0.39, 0.29) is 5.82 Å². The van der Waals surface area contributed by atoms with Crippen LogP contribution in [-0.4, -0.2) is 59.3 Å². The monoisotopic (exact) mass is 339 g/mol. The second-order valence-electron chi connectivity index (χ2n) is 4.53. The summed E-state index contributed by atoms with van der Waals surface area (Å²) < 4.78 is 20.9. The van der Waals surface area contributed by atoms with Crippen molar-refractivity contribution in [1.29, 1.82) is 0 Å². The lowest BCUT2D eigenvalue weighted by atomic mass is 10.1. The number of aliphatic hydroxyl groups is 3. The Morgan fingerprint density at radius 3 is 2.68 bits per heavy atom. The molecular formula is C9H14N3O9P. The number of hydrogen-bond acceptors (Lipinski definition) is 9. The fourth-order valence-corrected chi connectivity index (χ4v) is 2.63. The molecule has 0 amide bonds. The molecule has 0 aromatic carbocycles. The molecule has 124 valence electrons. The van der Waals surface area contributed by atoms with Gasteiger partial charge in [0.25, 0.3) is 5.79 Å². The Balaban J connectivity index is 2.51. The first kappa shape index (κ1) is 17.0. The summed E-state index contributed by atoms with van der Waals surface area (Å²) in [5.41, 5.74) is 4.28. The Bertz CT molecular complexity index is 660. The molecule has 2 heterocycles. The molecule has 1 aliphatic heterocycles. The van der Waals surface area contributed by atoms with Crippen molar-refractivity contribution < 1.29 is 38.9 Å². The predicted molar refractivity (Wildman–Crippen MR) is 68.0 cm³/mol. The zero-order chi connectivity index (χ0) is 16.7. The molecule has 1 fully saturated rings. The lowest BCUT2D eigenvalue weighted by Gasteiger charge is -2.31. The summed E-state index contributed by atoms with van der Waals surface area (Å²) in [5.74, 6) is -3.13. The van der Waals surface area contributed by atoms with Gasteiger partial charge < -0.3 is 35.6 Å². The summed E-state index contributed by atoms with van der Waals surface area (Å²) in [7, 11) is -5.27. The molecule has 7 N–H and O–H groups in total. The molecule has 2 rings (SSSR count). The number of anilines is 1. The van der Waals surface area contributed by atoms with E-state index in [0.717, 1.165) is 12.3 Å². The maximum atomic E-state index is 11.8. The molecule has 12 nitrogen and oxygen atoms in total. The van der Waals surface area contributed by atoms with Crippen molar-refractivity contribution in [3.05, 3.63) is 22.7 Å². The van der Waals surface area contributed by atoms with E-state index in [1.807, 2.05) is 0 Å². The van der Waals surface area contributed by atoms with Crippen LogP contribution in [0.15, 0.2) is 17.1 Å². The van der Waals surface area contributed by atoms with Crippen molar-refractivity contribution in [3.8, 4) is 0 Å². The number of nitrogens with two attached hydrogens (primary N) is 1. The van der Waals surface area contributed by atoms with E-state index in [1.54, 1.807) is 0 Å². The smallest absolute Gasteiger partial charge is 0.394 e. The van der Waals surface area contributed by atoms with Crippen molar-refractivity contribution in [3.63, 3.8) is 0 Å². The van der Waals surface area contributed by atoms with Gasteiger partial charge in [0.05, 0.1) is 6.61 Å². The lowest BCUT2D eigenvalue weighted by Crippen LogP contribution is -2.50. The molecule has 0 spiro atoms. The summed E-state index contributed by atoms with van der Waals surface area (Å²) in [6.45, 7) is -0.804. The van der Waals surface area contributed by atoms with Crippen LogP contribution in [0.5, 0.6) is 0 Å². The second kappa shape index (κ2) is 5.68. The number of rotatable bonds is 4. The maximum Gasteiger partial charge on any atom is 0.472 e. The van der Waals surface area contributed by atoms with Gasteiger partial charge >= 0.3 is 13.5 Å². The molecule has 0 bridgehead atoms. The van der Waals surface area contributed by atoms with E-state index in [4.69, 9.17) is 25.4 Å². The molecule has 0 radical (unpaired) electrons. The Hall–Kier alpha value is -1.37. The second-order valence-corrected chi connectivity index (χ2v) is 5.69. The number of phosphoric ester groups is 1. The van der Waals surface area contributed by atoms with Crippen molar-refractivity contribution in [1.82, 2.24) is 9.55 Å². The summed E-state index contributed by atoms with van der Waals surface area (Å²) in [5, 5.41) is 29.2. The average molecular weight is 339 g/mol. The summed E-state index contributed by atoms with van der Waals surface area (Å²) >= 11 is 0. The normalized spacial score (nSPS) is 32.3. The van der Waals surface area contributed by atoms with Crippen LogP contribution in [0.25, 0.3) is 0 Å². The lowest BCUT2D eigenvalue weighted by molar-refractivity contribution is -0.238. The molecule has 22 heavy (non-hydrogen) atoms. The number of nitrogen functional groups attached to an aromatic ring is 1. The largest absolute Gasteiger partial charge is 0.472 e. The molecule has 1 saturated heterocycles. The third-order valence-electron chi connectivity index (χ3n) is 2.98. The van der Waals surface area contributed by atoms with Gasteiger partial charge in [-0.05, 0) is 6.07 Å². The Labute approximate surface area is 122 Å². The van der Waals surface area contributed by atoms with Gasteiger partial charge in [-0.25, -0.2) is 13.9 Å². The van der Waals surface area contributed by atoms with Crippen molar-refractivity contribution in [2.24, 2.45) is 0 Å². The SMILES string of the molecule is Nc1ccn([C@@H]2O[C@H](CO)[C@@H](O)[C@@]2(O)OP(=O)(O)O)c(=O)n1. The van der Waals surface area contributed by atoms with Gasteiger partial charge in [0, 0.05) is 6.20 Å². The quantitative estimate of drug-likeness (QED) is 0.239. The highest BCUT2D eigenvalue weighted by atomic mass is 31.2. The predicted octanol–water partition coefficient (Wildman–Crippen LogP) is -3.13. The molecule has 13 heteroatoms. The van der Waals surface area contributed by atoms with Crippen LogP contribution in [0.3, 0.4) is 0 Å². The van der Waals surface area contributed by atoms with Crippen LogP contribution in [0.4, 0.5) is 5.82 Å². The van der Waals surface area contributed by atoms with Gasteiger partial charge in [0.1, 0.15) is 18.0 Å². The van der Waals surface area contributed by atoms with Crippen LogP contribution in [0.1, 0.15) is 6.23 Å². The third-order valence-corrected chi connectivity index (χ3v) is 3.51. The van der Waals surface area contributed by atoms with Crippen molar-refractivity contribution >= 4 is 13.6 Å². The number of aliphatic hydroxyl groups excluding tert-OH is 2. The first-order chi connectivity index (χ1) is 10.1. The zero-order valence-corrected chi connectivity index (χ0v) is 11.8. The first-order valence-electron chi connectivity index (χ1n) is 5.86. The minimum Gasteiger partial charge on any atom is -0.394 e. The Kier molecular flexibility index (Phi) is 4.39. The van der Waals surface area contributed by atoms with E-state index >= 15 is 0 Å². The number of ether oxygens (including phenoxy) is 1. The van der Waals surface area contributed by atoms with E-state index in [9.17, 15) is 19.6 Å². The zero-order valence-electron chi connectivity index (χ0n) is 10.9. The summed E-state index contributed by atoms with van der Waals surface area (Å²) in [6.07, 6.45) is -4.34. The van der Waals surface area contributed by atoms with Crippen molar-refractivity contribution in [2.75, 3.05) is 12.3 Å². The number of hydrogen-bond donors (Lipinski definition) is 6. The molecule has 1 aromatic heterocycles. The van der Waals surface area contributed by atoms with E-state index < -0.39 is 44.3 Å². The Morgan fingerprint density at radius 2 is 2.18 bits per heavy atom. The highest BCUT2D eigenvalue weighted by molar-refractivity contribution is 7.46. The van der Waals surface area contributed by atoms with Gasteiger partial charge in [-0.1, -0.05) is 0 Å². The van der Waals surface area contributed by atoms with Crippen molar-refractivity contribution in [2.45, 2.75) is 24.2 Å². The molecule has 0 aliphatic carbocycles. The van der Waals surface area contributed by atoms with E-state index in [1.165, 1.54) is 0 Å². The molecule has 0 saturated carbocycles. The highest BCUT2D eigenvalue weighted by Crippen LogP contribution is 2.49. The maximum absolute atomic E-state index is 11.8. The average Bonchev–Trinajstić information content (AvgIpc) is 2.60. The fourth-order valence-electron chi connectivity index (χ4n) is 2.05. The number of nitrogens with zero attached hydrogens (tertiary/aromatic N) is 2. The first-order valence-corrected chi connectivity index (χ1v) is 7.39. The van der Waals surface area contributed by atoms with Gasteiger partial charge in [-0.3, -0.25) is 4.57 Å². The van der Waals surface area contributed by atoms with Crippen LogP contribution in [0, 0.1) is 0 Å². The highest BCUT2D eigenvalue weighted by Gasteiger charge is 2.60. The van der Waals surface area contributed by atoms with Gasteiger partial charge in [0.15, 0.2) is 6.23 Å². The van der Waals surface area contributed by atoms with Crippen LogP contribution in [-0.2, 0) is 13.8 Å². The topological polar surface area (TPSA) is 198 Å². The fraction of sp³-hybridized carbons (Fsp3) is 0.556. The molecule has 1 aromatic rings. The third kappa shape index (κ3) is 3.04. The van der Waals surface area contributed by atoms with E-state index in [2.05, 4.69) is 9.51 Å². The van der Waals surface area contributed by atoms with Crippen LogP contribution in [0.2, 0.25) is 0 Å². The molecule has 1 aliphatic rings. The molecular weight excluding hydrogens is 325 g/mol. The van der Waals surface area contributed by atoms with Gasteiger partial charge in [-0.2, -0.15) is 4.98 Å². The minimum absolute atomic E-state index is 0.141. The van der Waals surface area contributed by atoms with Crippen LogP contribution >= 0.6 is 7.82 Å². The summed E-state index contributed by atoms with van der Waals surface area (Å²) in [6, 6.07) is 1.15. The standard InChI is InChI=1S/C9H14N3O9P/c10-5-1-2-12(8(15)11-5)7-9(16,21-22(17,18)19)6(14)4(3-13)20-7/h1-2,4,6-7,13-14,16H,3H2,(H2,10,11,15)(H2,17,18,19)/t4-,6-,7-,9-/m1/s1. The number of aromatic nitrogens is 2.